The molecule has 0 radical (unpaired) electrons. The van der Waals surface area contributed by atoms with Crippen LogP contribution in [0.3, 0.4) is 0 Å². The first-order valence-electron chi connectivity index (χ1n) is 13.7. The number of methoxy groups -OCH3 is 1. The molecule has 2 amide bonds. The number of oxime groups is 1. The highest BCUT2D eigenvalue weighted by atomic mass is 19.4. The molecule has 0 saturated heterocycles. The number of hydrogen-bond donors (Lipinski definition) is 3. The number of nitrogens with zero attached hydrogens (tertiary/aromatic N) is 1. The number of amides is 2. The number of aliphatic hydroxyl groups excluding tert-OH is 1. The van der Waals surface area contributed by atoms with E-state index in [0.717, 1.165) is 18.2 Å². The molecule has 16 heteroatoms. The van der Waals surface area contributed by atoms with Crippen LogP contribution in [-0.2, 0) is 11.0 Å². The molecule has 1 fully saturated rings. The summed E-state index contributed by atoms with van der Waals surface area (Å²) >= 11 is 0. The second kappa shape index (κ2) is 11.4. The number of anilines is 2. The van der Waals surface area contributed by atoms with Crippen molar-refractivity contribution in [3.63, 3.8) is 0 Å². The zero-order chi connectivity index (χ0) is 33.0. The molecule has 46 heavy (non-hydrogen) atoms. The zero-order valence-corrected chi connectivity index (χ0v) is 23.6. The summed E-state index contributed by atoms with van der Waals surface area (Å²) in [6, 6.07) is 8.04. The molecule has 0 spiro atoms. The number of benzene rings is 3. The van der Waals surface area contributed by atoms with Crippen LogP contribution in [0.2, 0.25) is 0 Å². The second-order valence-electron chi connectivity index (χ2n) is 10.8. The van der Waals surface area contributed by atoms with Crippen molar-refractivity contribution in [2.45, 2.75) is 31.4 Å². The third-order valence-electron chi connectivity index (χ3n) is 7.80. The molecule has 1 saturated carbocycles. The Bertz CT molecular complexity index is 1760. The van der Waals surface area contributed by atoms with E-state index in [4.69, 9.17) is 9.57 Å². The number of aliphatic hydroxyl groups is 1. The summed E-state index contributed by atoms with van der Waals surface area (Å²) in [6.07, 6.45) is -8.18. The first-order valence-corrected chi connectivity index (χ1v) is 13.7. The first kappa shape index (κ1) is 31.0. The Morgan fingerprint density at radius 3 is 2.41 bits per heavy atom. The lowest BCUT2D eigenvalue weighted by Crippen LogP contribution is -2.25. The number of fused-ring (bicyclic) bond motifs is 2. The highest BCUT2D eigenvalue weighted by molar-refractivity contribution is 6.14. The molecule has 10 nitrogen and oxygen atoms in total. The molecule has 1 aliphatic carbocycles. The minimum Gasteiger partial charge on any atom is -0.496 e. The van der Waals surface area contributed by atoms with E-state index in [2.05, 4.69) is 25.3 Å². The number of rotatable bonds is 7. The topological polar surface area (TPSA) is 128 Å². The van der Waals surface area contributed by atoms with E-state index in [1.54, 1.807) is 6.07 Å². The average Bonchev–Trinajstić information content (AvgIpc) is 3.67. The molecule has 3 N–H and O–H groups in total. The average molecular weight is 652 g/mol. The van der Waals surface area contributed by atoms with E-state index in [0.29, 0.717) is 36.2 Å². The Kier molecular flexibility index (Phi) is 7.70. The summed E-state index contributed by atoms with van der Waals surface area (Å²) < 4.78 is 95.4. The third-order valence-corrected chi connectivity index (χ3v) is 7.80. The van der Waals surface area contributed by atoms with Crippen molar-refractivity contribution >= 4 is 28.9 Å². The van der Waals surface area contributed by atoms with Crippen LogP contribution >= 0.6 is 0 Å². The van der Waals surface area contributed by atoms with Crippen molar-refractivity contribution in [2.24, 2.45) is 17.0 Å². The van der Waals surface area contributed by atoms with E-state index in [1.807, 2.05) is 0 Å². The van der Waals surface area contributed by atoms with Crippen molar-refractivity contribution in [2.75, 3.05) is 24.4 Å². The molecular weight excluding hydrogens is 628 g/mol. The summed E-state index contributed by atoms with van der Waals surface area (Å²) in [5, 5.41) is 18.3. The Balaban J connectivity index is 1.32. The van der Waals surface area contributed by atoms with Crippen LogP contribution < -0.4 is 24.8 Å². The van der Waals surface area contributed by atoms with Crippen molar-refractivity contribution in [1.29, 1.82) is 0 Å². The lowest BCUT2D eigenvalue weighted by atomic mass is 9.92. The van der Waals surface area contributed by atoms with E-state index in [1.165, 1.54) is 19.2 Å². The van der Waals surface area contributed by atoms with Crippen LogP contribution in [-0.4, -0.2) is 48.7 Å². The predicted molar refractivity (Wildman–Crippen MR) is 148 cm³/mol. The number of nitrogens with one attached hydrogen (secondary N) is 2. The minimum absolute atomic E-state index is 0.0120. The fraction of sp³-hybridized carbons (Fsp3) is 0.300. The smallest absolute Gasteiger partial charge is 0.496 e. The largest absolute Gasteiger partial charge is 0.586 e. The van der Waals surface area contributed by atoms with Gasteiger partial charge in [0.1, 0.15) is 17.7 Å². The second-order valence-corrected chi connectivity index (χ2v) is 10.8. The van der Waals surface area contributed by atoms with Crippen LogP contribution in [0.1, 0.15) is 44.7 Å². The Labute approximate surface area is 255 Å². The van der Waals surface area contributed by atoms with E-state index >= 15 is 0 Å². The maximum atomic E-state index is 13.9. The molecule has 3 aromatic carbocycles. The van der Waals surface area contributed by atoms with Gasteiger partial charge < -0.3 is 34.8 Å². The van der Waals surface area contributed by atoms with E-state index in [-0.39, 0.29) is 41.5 Å². The Hall–Kier alpha value is -4.99. The fourth-order valence-corrected chi connectivity index (χ4v) is 5.65. The normalized spacial score (nSPS) is 20.9. The van der Waals surface area contributed by atoms with Crippen LogP contribution in [0.25, 0.3) is 0 Å². The fourth-order valence-electron chi connectivity index (χ4n) is 5.65. The van der Waals surface area contributed by atoms with E-state index in [9.17, 15) is 41.0 Å². The summed E-state index contributed by atoms with van der Waals surface area (Å²) in [6.45, 7) is -0.0120. The Morgan fingerprint density at radius 2 is 1.72 bits per heavy atom. The molecule has 3 aromatic rings. The number of carbonyl (C=O) groups excluding carboxylic acids is 2. The van der Waals surface area contributed by atoms with Gasteiger partial charge >= 0.3 is 12.5 Å². The molecule has 0 aromatic heterocycles. The van der Waals surface area contributed by atoms with Gasteiger partial charge in [0.25, 0.3) is 11.8 Å². The maximum absolute atomic E-state index is 13.9. The molecule has 2 aliphatic heterocycles. The quantitative estimate of drug-likeness (QED) is 0.276. The van der Waals surface area contributed by atoms with Crippen molar-refractivity contribution < 1.29 is 60.1 Å². The number of halogens is 6. The van der Waals surface area contributed by atoms with Crippen molar-refractivity contribution in [3.8, 4) is 17.2 Å². The van der Waals surface area contributed by atoms with Gasteiger partial charge in [-0.3, -0.25) is 9.59 Å². The van der Waals surface area contributed by atoms with Gasteiger partial charge in [0.05, 0.1) is 35.2 Å². The number of carbonyl (C=O) groups is 2. The maximum Gasteiger partial charge on any atom is 0.586 e. The molecule has 3 atom stereocenters. The lowest BCUT2D eigenvalue weighted by molar-refractivity contribution is -0.286. The molecule has 3 aliphatic rings. The highest BCUT2D eigenvalue weighted by Crippen LogP contribution is 2.45. The van der Waals surface area contributed by atoms with Gasteiger partial charge in [-0.15, -0.1) is 8.78 Å². The molecule has 0 bridgehead atoms. The van der Waals surface area contributed by atoms with Crippen LogP contribution in [0, 0.1) is 17.7 Å². The summed E-state index contributed by atoms with van der Waals surface area (Å²) in [7, 11) is 1.31. The first-order chi connectivity index (χ1) is 21.8. The van der Waals surface area contributed by atoms with Gasteiger partial charge in [0, 0.05) is 29.8 Å². The van der Waals surface area contributed by atoms with Crippen LogP contribution in [0.5, 0.6) is 17.2 Å². The molecule has 242 valence electrons. The summed E-state index contributed by atoms with van der Waals surface area (Å²) in [4.78, 5) is 32.4. The van der Waals surface area contributed by atoms with Gasteiger partial charge in [0.2, 0.25) is 0 Å². The SMILES string of the molecule is COc1ccc(C2=NO[C@H]3CC(CO)C[C@@H]23)cc1C(=O)Nc1cc2c(cc1C(=O)Nc1ccc(F)c(C(F)(F)F)c1)OC(F)(F)O2. The minimum atomic E-state index is -5.07. The van der Waals surface area contributed by atoms with Gasteiger partial charge in [-0.1, -0.05) is 5.16 Å². The standard InChI is InChI=1S/C30H23F6N3O7/c1-43-22-5-2-14(26-17-6-13(12-40)7-23(17)46-39-26)8-18(22)28(42)38-21-11-25-24(44-30(35,36)45-25)10-16(21)27(41)37-15-3-4-20(31)19(9-15)29(32,33)34/h2-5,8-11,13,17,23,40H,6-7,12H2,1H3,(H,37,41)(H,38,42)/t13?,17-,23+/m1/s1. The summed E-state index contributed by atoms with van der Waals surface area (Å²) in [5.74, 6) is -4.73. The summed E-state index contributed by atoms with van der Waals surface area (Å²) in [5.41, 5.74) is -1.98. The number of ether oxygens (including phenoxy) is 3. The predicted octanol–water partition coefficient (Wildman–Crippen LogP) is 5.80. The van der Waals surface area contributed by atoms with Gasteiger partial charge in [-0.2, -0.15) is 13.2 Å². The monoisotopic (exact) mass is 651 g/mol. The molecular formula is C30H23F6N3O7. The number of alkyl halides is 5. The molecule has 6 rings (SSSR count). The van der Waals surface area contributed by atoms with Gasteiger partial charge in [-0.25, -0.2) is 4.39 Å². The molecule has 1 unspecified atom stereocenters. The Morgan fingerprint density at radius 1 is 1.00 bits per heavy atom. The zero-order valence-electron chi connectivity index (χ0n) is 23.6. The number of hydrogen-bond acceptors (Lipinski definition) is 8. The lowest BCUT2D eigenvalue weighted by Gasteiger charge is -2.16. The van der Waals surface area contributed by atoms with Crippen LogP contribution in [0.15, 0.2) is 53.7 Å². The highest BCUT2D eigenvalue weighted by Gasteiger charge is 2.45. The van der Waals surface area contributed by atoms with Crippen molar-refractivity contribution in [1.82, 2.24) is 0 Å². The van der Waals surface area contributed by atoms with Crippen LogP contribution in [0.4, 0.5) is 37.7 Å². The molecule has 2 heterocycles. The van der Waals surface area contributed by atoms with Crippen molar-refractivity contribution in [3.05, 3.63) is 76.6 Å². The van der Waals surface area contributed by atoms with Gasteiger partial charge in [0.15, 0.2) is 11.5 Å². The van der Waals surface area contributed by atoms with Gasteiger partial charge in [-0.05, 0) is 61.2 Å². The van der Waals surface area contributed by atoms with E-state index < -0.39 is 58.4 Å². The third kappa shape index (κ3) is 5.87.